The second-order valence-corrected chi connectivity index (χ2v) is 10.5. The summed E-state index contributed by atoms with van der Waals surface area (Å²) < 4.78 is 67.4. The van der Waals surface area contributed by atoms with Gasteiger partial charge in [0.25, 0.3) is 0 Å². The third kappa shape index (κ3) is 14.6. The first-order chi connectivity index (χ1) is 18.8. The molecule has 0 atom stereocenters. The van der Waals surface area contributed by atoms with Crippen molar-refractivity contribution in [3.05, 3.63) is 58.7 Å². The van der Waals surface area contributed by atoms with E-state index in [1.165, 1.54) is 64.2 Å². The van der Waals surface area contributed by atoms with Crippen LogP contribution in [-0.2, 0) is 6.42 Å². The first kappa shape index (κ1) is 34.8. The van der Waals surface area contributed by atoms with Crippen LogP contribution in [0.3, 0.4) is 0 Å². The minimum absolute atomic E-state index is 0.350. The molecule has 2 N–H and O–H groups in total. The smallest absolute Gasteiger partial charge is 0.200 e. The lowest BCUT2D eigenvalue weighted by atomic mass is 9.99. The third-order valence-electron chi connectivity index (χ3n) is 7.03. The number of benzene rings is 1. The molecule has 222 valence electrons. The van der Waals surface area contributed by atoms with Crippen molar-refractivity contribution in [2.45, 2.75) is 129 Å². The van der Waals surface area contributed by atoms with Crippen molar-refractivity contribution < 1.29 is 22.0 Å². The number of allylic oxidation sites excluding steroid dienone is 2. The first-order valence-corrected chi connectivity index (χ1v) is 14.8. The molecule has 0 aliphatic rings. The molecular weight excluding hydrogens is 509 g/mol. The zero-order chi connectivity index (χ0) is 28.9. The van der Waals surface area contributed by atoms with Gasteiger partial charge in [0.2, 0.25) is 5.82 Å². The van der Waals surface area contributed by atoms with Crippen molar-refractivity contribution in [3.8, 4) is 0 Å². The zero-order valence-electron chi connectivity index (χ0n) is 23.8. The lowest BCUT2D eigenvalue weighted by Crippen LogP contribution is -2.08. The Labute approximate surface area is 232 Å². The molecule has 8 heteroatoms. The maximum atomic E-state index is 13.8. The Morgan fingerprint density at radius 3 is 1.62 bits per heavy atom. The monoisotopic (exact) mass is 557 g/mol. The van der Waals surface area contributed by atoms with Gasteiger partial charge < -0.3 is 5.32 Å². The Morgan fingerprint density at radius 1 is 0.667 bits per heavy atom. The largest absolute Gasteiger partial charge is 0.389 e. The van der Waals surface area contributed by atoms with E-state index in [1.807, 2.05) is 6.20 Å². The van der Waals surface area contributed by atoms with E-state index in [4.69, 9.17) is 5.53 Å². The summed E-state index contributed by atoms with van der Waals surface area (Å²) in [4.78, 5) is 0. The molecule has 0 spiro atoms. The van der Waals surface area contributed by atoms with Gasteiger partial charge in [-0.05, 0) is 38.5 Å². The summed E-state index contributed by atoms with van der Waals surface area (Å²) in [6.45, 7) is 6.88. The molecule has 0 bridgehead atoms. The fraction of sp³-hybridized carbons (Fsp3) is 0.677. The minimum Gasteiger partial charge on any atom is -0.389 e. The summed E-state index contributed by atoms with van der Waals surface area (Å²) in [7, 11) is 0. The van der Waals surface area contributed by atoms with Gasteiger partial charge in [0.05, 0.1) is 5.70 Å². The van der Waals surface area contributed by atoms with Crippen LogP contribution in [0.2, 0.25) is 0 Å². The summed E-state index contributed by atoms with van der Waals surface area (Å²) in [6, 6.07) is 0. The van der Waals surface area contributed by atoms with Crippen molar-refractivity contribution in [3.63, 3.8) is 0 Å². The van der Waals surface area contributed by atoms with Gasteiger partial charge in [0, 0.05) is 18.3 Å². The number of rotatable bonds is 24. The molecule has 0 aliphatic carbocycles. The second kappa shape index (κ2) is 21.6. The van der Waals surface area contributed by atoms with Crippen LogP contribution in [0.25, 0.3) is 0 Å². The molecule has 0 saturated carbocycles. The zero-order valence-corrected chi connectivity index (χ0v) is 23.8. The molecule has 0 aromatic heterocycles. The molecule has 0 radical (unpaired) electrons. The number of nitrogens with zero attached hydrogens (tertiary/aromatic N) is 1. The molecule has 0 heterocycles. The molecule has 0 amide bonds. The summed E-state index contributed by atoms with van der Waals surface area (Å²) in [5.41, 5.74) is 7.81. The Balaban J connectivity index is 2.00. The number of hydrogen-bond acceptors (Lipinski definition) is 3. The predicted molar refractivity (Wildman–Crippen MR) is 149 cm³/mol. The van der Waals surface area contributed by atoms with Gasteiger partial charge in [-0.2, -0.15) is 5.11 Å². The molecule has 0 aliphatic heterocycles. The normalized spacial score (nSPS) is 11.7. The van der Waals surface area contributed by atoms with Crippen LogP contribution in [0.5, 0.6) is 0 Å². The SMILES string of the molecule is C=C(CCCCCCCCCCCCN/C=C(/CCCCCCCC)N=N)Cc1c(F)c(F)c(F)c(F)c1F. The van der Waals surface area contributed by atoms with Crippen molar-refractivity contribution in [2.75, 3.05) is 6.54 Å². The van der Waals surface area contributed by atoms with Crippen molar-refractivity contribution in [1.29, 1.82) is 5.53 Å². The molecular formula is C31H48F5N3. The topological polar surface area (TPSA) is 48.2 Å². The van der Waals surface area contributed by atoms with Crippen LogP contribution < -0.4 is 5.32 Å². The maximum Gasteiger partial charge on any atom is 0.200 e. The highest BCUT2D eigenvalue weighted by molar-refractivity contribution is 5.27. The first-order valence-electron chi connectivity index (χ1n) is 14.8. The summed E-state index contributed by atoms with van der Waals surface area (Å²) in [5, 5.41) is 6.93. The van der Waals surface area contributed by atoms with Crippen molar-refractivity contribution >= 4 is 0 Å². The number of hydrogen-bond donors (Lipinski definition) is 2. The highest BCUT2D eigenvalue weighted by Gasteiger charge is 2.25. The average Bonchev–Trinajstić information content (AvgIpc) is 2.93. The van der Waals surface area contributed by atoms with Gasteiger partial charge >= 0.3 is 0 Å². The fourth-order valence-corrected chi connectivity index (χ4v) is 4.60. The third-order valence-corrected chi connectivity index (χ3v) is 7.03. The van der Waals surface area contributed by atoms with E-state index in [1.54, 1.807) is 0 Å². The Morgan fingerprint density at radius 2 is 1.10 bits per heavy atom. The van der Waals surface area contributed by atoms with Gasteiger partial charge in [0.1, 0.15) is 0 Å². The van der Waals surface area contributed by atoms with E-state index in [0.717, 1.165) is 57.2 Å². The highest BCUT2D eigenvalue weighted by Crippen LogP contribution is 2.26. The van der Waals surface area contributed by atoms with Crippen LogP contribution >= 0.6 is 0 Å². The van der Waals surface area contributed by atoms with E-state index >= 15 is 0 Å². The maximum absolute atomic E-state index is 13.8. The number of nitrogens with one attached hydrogen (secondary N) is 2. The van der Waals surface area contributed by atoms with Gasteiger partial charge in [-0.3, -0.25) is 0 Å². The lowest BCUT2D eigenvalue weighted by molar-refractivity contribution is 0.371. The Bertz CT molecular complexity index is 856. The minimum atomic E-state index is -2.13. The quantitative estimate of drug-likeness (QED) is 0.0326. The van der Waals surface area contributed by atoms with Crippen molar-refractivity contribution in [2.24, 2.45) is 5.11 Å². The molecule has 1 aromatic carbocycles. The van der Waals surface area contributed by atoms with Crippen LogP contribution in [0.1, 0.15) is 128 Å². The summed E-state index contributed by atoms with van der Waals surface area (Å²) in [6.07, 6.45) is 21.3. The van der Waals surface area contributed by atoms with Gasteiger partial charge in [0.15, 0.2) is 23.3 Å². The standard InChI is InChI=1S/C31H48F5N3/c1-3-4-5-6-14-17-20-25(39-37)23-38-21-18-15-12-10-8-7-9-11-13-16-19-24(2)22-26-27(32)29(34)31(36)30(35)28(26)33/h23,37-38H,2-22H2,1H3/b25-23-,39-37?. The molecule has 1 rings (SSSR count). The highest BCUT2D eigenvalue weighted by atomic mass is 19.2. The van der Waals surface area contributed by atoms with E-state index in [-0.39, 0.29) is 6.42 Å². The fourth-order valence-electron chi connectivity index (χ4n) is 4.60. The van der Waals surface area contributed by atoms with Crippen LogP contribution in [-0.4, -0.2) is 6.54 Å². The molecule has 3 nitrogen and oxygen atoms in total. The van der Waals surface area contributed by atoms with Gasteiger partial charge in [-0.1, -0.05) is 103 Å². The van der Waals surface area contributed by atoms with Crippen LogP contribution in [0.15, 0.2) is 29.2 Å². The second-order valence-electron chi connectivity index (χ2n) is 10.5. The predicted octanol–water partition coefficient (Wildman–Crippen LogP) is 11.0. The Hall–Kier alpha value is -2.25. The van der Waals surface area contributed by atoms with E-state index in [2.05, 4.69) is 23.9 Å². The summed E-state index contributed by atoms with van der Waals surface area (Å²) >= 11 is 0. The average molecular weight is 558 g/mol. The number of halogens is 5. The summed E-state index contributed by atoms with van der Waals surface area (Å²) in [5.74, 6) is -9.49. The van der Waals surface area contributed by atoms with E-state index in [9.17, 15) is 22.0 Å². The Kier molecular flexibility index (Phi) is 19.2. The number of unbranched alkanes of at least 4 members (excludes halogenated alkanes) is 14. The molecule has 39 heavy (non-hydrogen) atoms. The van der Waals surface area contributed by atoms with Gasteiger partial charge in [-0.25, -0.2) is 27.5 Å². The van der Waals surface area contributed by atoms with E-state index in [0.29, 0.717) is 12.0 Å². The van der Waals surface area contributed by atoms with Gasteiger partial charge in [-0.15, -0.1) is 0 Å². The molecule has 0 saturated heterocycles. The molecule has 0 unspecified atom stereocenters. The van der Waals surface area contributed by atoms with Crippen LogP contribution in [0.4, 0.5) is 22.0 Å². The van der Waals surface area contributed by atoms with Crippen LogP contribution in [0, 0.1) is 34.6 Å². The lowest BCUT2D eigenvalue weighted by Gasteiger charge is -2.10. The van der Waals surface area contributed by atoms with E-state index < -0.39 is 34.6 Å². The van der Waals surface area contributed by atoms with Crippen molar-refractivity contribution in [1.82, 2.24) is 5.32 Å². The molecule has 0 fully saturated rings. The molecule has 1 aromatic rings.